The number of anilines is 1. The summed E-state index contributed by atoms with van der Waals surface area (Å²) in [6.45, 7) is 1.00. The number of nitrogens with one attached hydrogen (secondary N) is 1. The Hall–Kier alpha value is -2.04. The average molecular weight is 306 g/mol. The van der Waals surface area contributed by atoms with E-state index in [9.17, 15) is 4.79 Å². The molecule has 2 rings (SSSR count). The molecular weight excluding hydrogens is 290 g/mol. The third-order valence-corrected chi connectivity index (χ3v) is 2.99. The molecule has 0 radical (unpaired) electrons. The number of amides is 1. The molecule has 1 amide bonds. The zero-order valence-electron chi connectivity index (χ0n) is 11.6. The van der Waals surface area contributed by atoms with Crippen molar-refractivity contribution in [1.82, 2.24) is 0 Å². The Morgan fingerprint density at radius 2 is 1.90 bits per heavy atom. The minimum atomic E-state index is -0.194. The average Bonchev–Trinajstić information content (AvgIpc) is 2.48. The predicted molar refractivity (Wildman–Crippen MR) is 83.2 cm³/mol. The van der Waals surface area contributed by atoms with E-state index in [1.807, 2.05) is 0 Å². The first-order chi connectivity index (χ1) is 10.2. The van der Waals surface area contributed by atoms with Crippen LogP contribution in [0, 0.1) is 0 Å². The van der Waals surface area contributed by atoms with Gasteiger partial charge in [-0.3, -0.25) is 4.79 Å². The highest BCUT2D eigenvalue weighted by molar-refractivity contribution is 6.30. The van der Waals surface area contributed by atoms with E-state index in [4.69, 9.17) is 21.1 Å². The van der Waals surface area contributed by atoms with Crippen LogP contribution < -0.4 is 10.1 Å². The highest BCUT2D eigenvalue weighted by Crippen LogP contribution is 2.17. The van der Waals surface area contributed by atoms with Crippen LogP contribution in [0.1, 0.15) is 10.4 Å². The number of hydrogen-bond donors (Lipinski definition) is 1. The molecule has 0 saturated carbocycles. The molecule has 0 unspecified atom stereocenters. The number of halogens is 1. The van der Waals surface area contributed by atoms with Gasteiger partial charge in [-0.1, -0.05) is 17.7 Å². The zero-order chi connectivity index (χ0) is 15.1. The Balaban J connectivity index is 1.96. The standard InChI is InChI=1S/C16H16ClNO3/c1-20-9-10-21-15-7-5-12(6-8-15)16(19)18-14-4-2-3-13(17)11-14/h2-8,11H,9-10H2,1H3,(H,18,19). The fourth-order valence-corrected chi connectivity index (χ4v) is 1.91. The van der Waals surface area contributed by atoms with Gasteiger partial charge in [0.05, 0.1) is 6.61 Å². The SMILES string of the molecule is COCCOc1ccc(C(=O)Nc2cccc(Cl)c2)cc1. The molecule has 0 bridgehead atoms. The molecule has 0 spiro atoms. The van der Waals surface area contributed by atoms with E-state index in [1.165, 1.54) is 0 Å². The van der Waals surface area contributed by atoms with Gasteiger partial charge in [0.25, 0.3) is 5.91 Å². The second-order valence-electron chi connectivity index (χ2n) is 4.33. The van der Waals surface area contributed by atoms with Crippen molar-refractivity contribution in [1.29, 1.82) is 0 Å². The molecule has 0 fully saturated rings. The molecule has 5 heteroatoms. The lowest BCUT2D eigenvalue weighted by molar-refractivity contribution is 0.102. The molecule has 110 valence electrons. The lowest BCUT2D eigenvalue weighted by atomic mass is 10.2. The van der Waals surface area contributed by atoms with E-state index in [2.05, 4.69) is 5.32 Å². The summed E-state index contributed by atoms with van der Waals surface area (Å²) < 4.78 is 10.3. The maximum atomic E-state index is 12.1. The van der Waals surface area contributed by atoms with Crippen LogP contribution in [0.15, 0.2) is 48.5 Å². The monoisotopic (exact) mass is 305 g/mol. The fourth-order valence-electron chi connectivity index (χ4n) is 1.71. The molecule has 0 atom stereocenters. The van der Waals surface area contributed by atoms with Gasteiger partial charge in [0.2, 0.25) is 0 Å². The van der Waals surface area contributed by atoms with Gasteiger partial charge < -0.3 is 14.8 Å². The van der Waals surface area contributed by atoms with Crippen LogP contribution in [0.2, 0.25) is 5.02 Å². The van der Waals surface area contributed by atoms with E-state index >= 15 is 0 Å². The second kappa shape index (κ2) is 7.67. The molecular formula is C16H16ClNO3. The smallest absolute Gasteiger partial charge is 0.255 e. The van der Waals surface area contributed by atoms with Crippen LogP contribution in [0.25, 0.3) is 0 Å². The zero-order valence-corrected chi connectivity index (χ0v) is 12.4. The third-order valence-electron chi connectivity index (χ3n) is 2.76. The molecule has 0 aliphatic carbocycles. The van der Waals surface area contributed by atoms with Gasteiger partial charge in [-0.05, 0) is 42.5 Å². The molecule has 2 aromatic carbocycles. The van der Waals surface area contributed by atoms with Crippen LogP contribution in [0.4, 0.5) is 5.69 Å². The highest BCUT2D eigenvalue weighted by Gasteiger charge is 2.06. The first kappa shape index (κ1) is 15.4. The first-order valence-electron chi connectivity index (χ1n) is 6.48. The summed E-state index contributed by atoms with van der Waals surface area (Å²) in [5, 5.41) is 3.37. The van der Waals surface area contributed by atoms with E-state index in [-0.39, 0.29) is 5.91 Å². The minimum absolute atomic E-state index is 0.194. The number of carbonyl (C=O) groups excluding carboxylic acids is 1. The normalized spacial score (nSPS) is 10.2. The maximum Gasteiger partial charge on any atom is 0.255 e. The Labute approximate surface area is 128 Å². The third kappa shape index (κ3) is 4.77. The molecule has 2 aromatic rings. The van der Waals surface area contributed by atoms with Gasteiger partial charge in [-0.15, -0.1) is 0 Å². The van der Waals surface area contributed by atoms with E-state index in [0.717, 1.165) is 0 Å². The largest absolute Gasteiger partial charge is 0.491 e. The Morgan fingerprint density at radius 1 is 1.14 bits per heavy atom. The van der Waals surface area contributed by atoms with Gasteiger partial charge in [0, 0.05) is 23.4 Å². The summed E-state index contributed by atoms with van der Waals surface area (Å²) in [5.74, 6) is 0.507. The van der Waals surface area contributed by atoms with Crippen LogP contribution in [-0.2, 0) is 4.74 Å². The van der Waals surface area contributed by atoms with Crippen LogP contribution in [0.3, 0.4) is 0 Å². The summed E-state index contributed by atoms with van der Waals surface area (Å²) >= 11 is 5.88. The van der Waals surface area contributed by atoms with E-state index in [0.29, 0.717) is 35.2 Å². The molecule has 0 aliphatic heterocycles. The molecule has 0 saturated heterocycles. The van der Waals surface area contributed by atoms with Gasteiger partial charge in [-0.25, -0.2) is 0 Å². The number of hydrogen-bond acceptors (Lipinski definition) is 3. The highest BCUT2D eigenvalue weighted by atomic mass is 35.5. The summed E-state index contributed by atoms with van der Waals surface area (Å²) in [6, 6.07) is 13.9. The topological polar surface area (TPSA) is 47.6 Å². The van der Waals surface area contributed by atoms with E-state index < -0.39 is 0 Å². The second-order valence-corrected chi connectivity index (χ2v) is 4.77. The van der Waals surface area contributed by atoms with Crippen molar-refractivity contribution in [2.45, 2.75) is 0 Å². The lowest BCUT2D eigenvalue weighted by Gasteiger charge is -2.08. The molecule has 0 aliphatic rings. The van der Waals surface area contributed by atoms with Crippen LogP contribution in [-0.4, -0.2) is 26.2 Å². The Morgan fingerprint density at radius 3 is 2.57 bits per heavy atom. The first-order valence-corrected chi connectivity index (χ1v) is 6.85. The number of carbonyl (C=O) groups is 1. The lowest BCUT2D eigenvalue weighted by Crippen LogP contribution is -2.11. The van der Waals surface area contributed by atoms with Crippen molar-refractivity contribution in [2.24, 2.45) is 0 Å². The maximum absolute atomic E-state index is 12.1. The quantitative estimate of drug-likeness (QED) is 0.829. The van der Waals surface area contributed by atoms with E-state index in [1.54, 1.807) is 55.6 Å². The van der Waals surface area contributed by atoms with Gasteiger partial charge in [0.15, 0.2) is 0 Å². The molecule has 4 nitrogen and oxygen atoms in total. The van der Waals surface area contributed by atoms with Crippen molar-refractivity contribution in [3.05, 3.63) is 59.1 Å². The van der Waals surface area contributed by atoms with Gasteiger partial charge in [-0.2, -0.15) is 0 Å². The van der Waals surface area contributed by atoms with Gasteiger partial charge >= 0.3 is 0 Å². The van der Waals surface area contributed by atoms with Crippen molar-refractivity contribution in [3.8, 4) is 5.75 Å². The predicted octanol–water partition coefficient (Wildman–Crippen LogP) is 3.62. The summed E-state index contributed by atoms with van der Waals surface area (Å²) in [4.78, 5) is 12.1. The fraction of sp³-hybridized carbons (Fsp3) is 0.188. The summed E-state index contributed by atoms with van der Waals surface area (Å²) in [5.41, 5.74) is 1.21. The molecule has 1 N–H and O–H groups in total. The number of rotatable bonds is 6. The number of methoxy groups -OCH3 is 1. The number of ether oxygens (including phenoxy) is 2. The van der Waals surface area contributed by atoms with Crippen molar-refractivity contribution in [3.63, 3.8) is 0 Å². The molecule has 21 heavy (non-hydrogen) atoms. The van der Waals surface area contributed by atoms with Crippen molar-refractivity contribution in [2.75, 3.05) is 25.6 Å². The molecule has 0 heterocycles. The summed E-state index contributed by atoms with van der Waals surface area (Å²) in [7, 11) is 1.62. The molecule has 0 aromatic heterocycles. The number of benzene rings is 2. The minimum Gasteiger partial charge on any atom is -0.491 e. The van der Waals surface area contributed by atoms with Crippen molar-refractivity contribution >= 4 is 23.2 Å². The van der Waals surface area contributed by atoms with Crippen molar-refractivity contribution < 1.29 is 14.3 Å². The Bertz CT molecular complexity index is 599. The van der Waals surface area contributed by atoms with Gasteiger partial charge in [0.1, 0.15) is 12.4 Å². The summed E-state index contributed by atoms with van der Waals surface area (Å²) in [6.07, 6.45) is 0. The van der Waals surface area contributed by atoms with Crippen LogP contribution in [0.5, 0.6) is 5.75 Å². The Kier molecular flexibility index (Phi) is 5.60. The van der Waals surface area contributed by atoms with Crippen LogP contribution >= 0.6 is 11.6 Å².